The second-order valence-electron chi connectivity index (χ2n) is 9.21. The van der Waals surface area contributed by atoms with Gasteiger partial charge in [-0.25, -0.2) is 0 Å². The molecule has 4 aromatic carbocycles. The average molecular weight is 580 g/mol. The molecule has 5 rings (SSSR count). The number of hydrogen-bond acceptors (Lipinski definition) is 4. The van der Waals surface area contributed by atoms with E-state index in [1.165, 1.54) is 10.9 Å². The Labute approximate surface area is 231 Å². The summed E-state index contributed by atoms with van der Waals surface area (Å²) in [5.74, 6) is 0. The molecule has 1 heterocycles. The Hall–Kier alpha value is -2.94. The van der Waals surface area contributed by atoms with E-state index in [9.17, 15) is 0 Å². The van der Waals surface area contributed by atoms with E-state index in [-0.39, 0.29) is 25.7 Å². The van der Waals surface area contributed by atoms with Crippen LogP contribution in [0.4, 0.5) is 11.4 Å². The standard InChI is InChI=1S/C25H19B2N2.C5H12O2.Pd/c1-5-13-22(14-6-1)26-27(23-15-7-2-8-16-23)29(25-19-11-4-12-20-25)21-28(26)24-17-9-3-10-18-24;1-4(6)3-5(2)7;/h1-19H;4-7H,3H2,1-2H3;/q-1;;. The number of rotatable bonds is 6. The van der Waals surface area contributed by atoms with Crippen molar-refractivity contribution in [1.82, 2.24) is 0 Å². The van der Waals surface area contributed by atoms with Crippen LogP contribution in [0.25, 0.3) is 0 Å². The van der Waals surface area contributed by atoms with Gasteiger partial charge in [-0.15, -0.1) is 0 Å². The summed E-state index contributed by atoms with van der Waals surface area (Å²) in [6, 6.07) is 43.7. The summed E-state index contributed by atoms with van der Waals surface area (Å²) in [6.45, 7) is 3.52. The number of aliphatic hydroxyl groups is 2. The minimum atomic E-state index is -0.375. The second kappa shape index (κ2) is 13.0. The third-order valence-corrected chi connectivity index (χ3v) is 6.92. The molecule has 4 aromatic rings. The molecule has 2 N–H and O–H groups in total. The molecule has 0 radical (unpaired) electrons. The van der Waals surface area contributed by atoms with Crippen LogP contribution in [0.3, 0.4) is 0 Å². The van der Waals surface area contributed by atoms with Crippen LogP contribution >= 0.6 is 0 Å². The first-order chi connectivity index (χ1) is 18.0. The summed E-state index contributed by atoms with van der Waals surface area (Å²) in [5, 5.41) is 17.1. The van der Waals surface area contributed by atoms with Crippen LogP contribution < -0.4 is 20.5 Å². The summed E-state index contributed by atoms with van der Waals surface area (Å²) in [5.41, 5.74) is 4.75. The molecule has 190 valence electrons. The van der Waals surface area contributed by atoms with Crippen molar-refractivity contribution < 1.29 is 29.0 Å². The molecule has 1 fully saturated rings. The van der Waals surface area contributed by atoms with E-state index < -0.39 is 0 Å². The van der Waals surface area contributed by atoms with E-state index in [4.69, 9.17) is 10.2 Å². The second-order valence-corrected chi connectivity index (χ2v) is 9.90. The van der Waals surface area contributed by atoms with E-state index in [1.54, 1.807) is 13.8 Å². The zero-order valence-corrected chi connectivity index (χ0v) is 22.6. The molecule has 1 aliphatic heterocycles. The topological polar surface area (TPSA) is 46.9 Å². The van der Waals surface area contributed by atoms with Gasteiger partial charge in [-0.3, -0.25) is 0 Å². The number of anilines is 2. The molecule has 37 heavy (non-hydrogen) atoms. The summed E-state index contributed by atoms with van der Waals surface area (Å²) >= 11 is 3.62. The van der Waals surface area contributed by atoms with Gasteiger partial charge < -0.3 is 10.2 Å². The summed E-state index contributed by atoms with van der Waals surface area (Å²) in [6.07, 6.45) is -0.278. The maximum atomic E-state index is 8.56. The van der Waals surface area contributed by atoms with Gasteiger partial charge in [-0.05, 0) is 20.3 Å². The van der Waals surface area contributed by atoms with Gasteiger partial charge in [0.25, 0.3) is 0 Å². The zero-order chi connectivity index (χ0) is 26.2. The van der Waals surface area contributed by atoms with Gasteiger partial charge in [-0.1, -0.05) is 0 Å². The molecular formula is C30H31B2N2O2Pd-. The Morgan fingerprint density at radius 2 is 1.14 bits per heavy atom. The van der Waals surface area contributed by atoms with Gasteiger partial charge in [0.2, 0.25) is 0 Å². The summed E-state index contributed by atoms with van der Waals surface area (Å²) in [4.78, 5) is 4.76. The SMILES string of the molecule is CC(O)CC(C)O.[Pd]=[C]1N(c2[c-]cccc2)B(c2ccccc2)B(c2ccccc2)N1c1ccccc1. The number of benzene rings is 4. The first-order valence-corrected chi connectivity index (χ1v) is 13.3. The predicted molar refractivity (Wildman–Crippen MR) is 153 cm³/mol. The summed E-state index contributed by atoms with van der Waals surface area (Å²) < 4.78 is 1.05. The Balaban J connectivity index is 0.000000405. The quantitative estimate of drug-likeness (QED) is 0.272. The summed E-state index contributed by atoms with van der Waals surface area (Å²) in [7, 11) is 0. The van der Waals surface area contributed by atoms with Crippen molar-refractivity contribution >= 4 is 40.0 Å². The van der Waals surface area contributed by atoms with Gasteiger partial charge in [0.1, 0.15) is 0 Å². The molecule has 4 nitrogen and oxygen atoms in total. The molecule has 0 bridgehead atoms. The molecule has 2 unspecified atom stereocenters. The van der Waals surface area contributed by atoms with Gasteiger partial charge >= 0.3 is 190 Å². The zero-order valence-electron chi connectivity index (χ0n) is 21.1. The molecular weight excluding hydrogens is 548 g/mol. The average Bonchev–Trinajstić information content (AvgIpc) is 3.23. The van der Waals surface area contributed by atoms with Crippen LogP contribution in [-0.2, 0) is 18.7 Å². The predicted octanol–water partition coefficient (Wildman–Crippen LogP) is 3.46. The Morgan fingerprint density at radius 1 is 0.676 bits per heavy atom. The van der Waals surface area contributed by atoms with E-state index in [2.05, 4.69) is 138 Å². The molecule has 2 atom stereocenters. The van der Waals surface area contributed by atoms with Crippen molar-refractivity contribution in [1.29, 1.82) is 0 Å². The molecule has 1 aliphatic rings. The van der Waals surface area contributed by atoms with Gasteiger partial charge in [-0.2, -0.15) is 0 Å². The monoisotopic (exact) mass is 579 g/mol. The van der Waals surface area contributed by atoms with Crippen LogP contribution in [0, 0.1) is 6.07 Å². The number of nitrogens with zero attached hydrogens (tertiary/aromatic N) is 2. The van der Waals surface area contributed by atoms with Crippen molar-refractivity contribution in [2.75, 3.05) is 9.62 Å². The fourth-order valence-corrected chi connectivity index (χ4v) is 5.51. The van der Waals surface area contributed by atoms with Crippen molar-refractivity contribution in [3.63, 3.8) is 0 Å². The van der Waals surface area contributed by atoms with Gasteiger partial charge in [0.15, 0.2) is 0 Å². The first-order valence-electron chi connectivity index (χ1n) is 12.5. The van der Waals surface area contributed by atoms with Crippen LogP contribution in [0.5, 0.6) is 0 Å². The third kappa shape index (κ3) is 6.69. The third-order valence-electron chi connectivity index (χ3n) is 6.17. The van der Waals surface area contributed by atoms with Gasteiger partial charge in [0.05, 0.1) is 12.2 Å². The maximum absolute atomic E-state index is 8.56. The fraction of sp³-hybridized carbons (Fsp3) is 0.167. The molecule has 0 saturated carbocycles. The van der Waals surface area contributed by atoms with Crippen molar-refractivity contribution in [2.45, 2.75) is 32.5 Å². The van der Waals surface area contributed by atoms with E-state index >= 15 is 0 Å². The molecule has 1 saturated heterocycles. The molecule has 0 amide bonds. The Kier molecular flexibility index (Phi) is 9.55. The van der Waals surface area contributed by atoms with Crippen molar-refractivity contribution in [3.05, 3.63) is 121 Å². The van der Waals surface area contributed by atoms with E-state index in [1.807, 2.05) is 12.1 Å². The van der Waals surface area contributed by atoms with E-state index in [0.29, 0.717) is 6.42 Å². The van der Waals surface area contributed by atoms with Crippen LogP contribution in [0.15, 0.2) is 115 Å². The Morgan fingerprint density at radius 3 is 1.57 bits per heavy atom. The molecule has 0 aliphatic carbocycles. The van der Waals surface area contributed by atoms with Crippen molar-refractivity contribution in [3.8, 4) is 0 Å². The van der Waals surface area contributed by atoms with Crippen LogP contribution in [0.2, 0.25) is 0 Å². The molecule has 0 spiro atoms. The fourth-order valence-electron chi connectivity index (χ4n) is 4.69. The van der Waals surface area contributed by atoms with Crippen molar-refractivity contribution in [2.24, 2.45) is 0 Å². The van der Waals surface area contributed by atoms with E-state index in [0.717, 1.165) is 15.6 Å². The van der Waals surface area contributed by atoms with Crippen LogP contribution in [-0.4, -0.2) is 40.1 Å². The molecule has 0 aromatic heterocycles. The number of hydrogen-bond donors (Lipinski definition) is 2. The Bertz CT molecular complexity index is 1150. The number of aliphatic hydroxyl groups excluding tert-OH is 2. The van der Waals surface area contributed by atoms with Gasteiger partial charge in [0, 0.05) is 0 Å². The van der Waals surface area contributed by atoms with Crippen LogP contribution in [0.1, 0.15) is 20.3 Å². The first kappa shape index (κ1) is 27.1. The number of para-hydroxylation sites is 2. The normalized spacial score (nSPS) is 14.8. The minimum absolute atomic E-state index is 0.0944. The molecule has 7 heteroatoms.